The number of nitrogens with one attached hydrogen (secondary N) is 1. The van der Waals surface area contributed by atoms with Crippen LogP contribution >= 0.6 is 0 Å². The van der Waals surface area contributed by atoms with Crippen molar-refractivity contribution in [1.29, 1.82) is 0 Å². The summed E-state index contributed by atoms with van der Waals surface area (Å²) < 4.78 is 21.9. The fourth-order valence-corrected chi connectivity index (χ4v) is 3.30. The van der Waals surface area contributed by atoms with Gasteiger partial charge < -0.3 is 29.4 Å². The molecule has 28 heavy (non-hydrogen) atoms. The highest BCUT2D eigenvalue weighted by Gasteiger charge is 2.20. The van der Waals surface area contributed by atoms with Crippen molar-refractivity contribution in [1.82, 2.24) is 0 Å². The lowest BCUT2D eigenvalue weighted by atomic mass is 10.0. The molecule has 0 radical (unpaired) electrons. The molecule has 3 rings (SSSR count). The highest BCUT2D eigenvalue weighted by molar-refractivity contribution is 5.94. The largest absolute Gasteiger partial charge is 0.493 e. The van der Waals surface area contributed by atoms with E-state index < -0.39 is 6.10 Å². The van der Waals surface area contributed by atoms with Crippen LogP contribution < -0.4 is 24.3 Å². The first-order chi connectivity index (χ1) is 13.5. The molecule has 2 N–H and O–H groups in total. The van der Waals surface area contributed by atoms with Crippen LogP contribution in [0.4, 0.5) is 5.69 Å². The molecule has 0 fully saturated rings. The van der Waals surface area contributed by atoms with Gasteiger partial charge in [0.1, 0.15) is 12.4 Å². The van der Waals surface area contributed by atoms with Gasteiger partial charge in [-0.15, -0.1) is 0 Å². The molecule has 0 saturated heterocycles. The van der Waals surface area contributed by atoms with Gasteiger partial charge in [-0.05, 0) is 36.2 Å². The average molecular weight is 387 g/mol. The molecule has 0 spiro atoms. The molecule has 1 amide bonds. The van der Waals surface area contributed by atoms with Crippen LogP contribution in [0.15, 0.2) is 30.3 Å². The van der Waals surface area contributed by atoms with Crippen LogP contribution in [0.3, 0.4) is 0 Å². The Labute approximate surface area is 164 Å². The molecule has 0 aromatic heterocycles. The van der Waals surface area contributed by atoms with E-state index in [2.05, 4.69) is 5.32 Å². The molecule has 7 heteroatoms. The number of rotatable bonds is 8. The molecule has 0 aliphatic carbocycles. The Kier molecular flexibility index (Phi) is 6.26. The van der Waals surface area contributed by atoms with Gasteiger partial charge in [-0.2, -0.15) is 0 Å². The second-order valence-electron chi connectivity index (χ2n) is 6.53. The van der Waals surface area contributed by atoms with Crippen LogP contribution in [-0.4, -0.2) is 45.1 Å². The van der Waals surface area contributed by atoms with Gasteiger partial charge in [0, 0.05) is 24.1 Å². The van der Waals surface area contributed by atoms with Crippen molar-refractivity contribution in [3.63, 3.8) is 0 Å². The van der Waals surface area contributed by atoms with Crippen LogP contribution in [0.25, 0.3) is 0 Å². The number of amides is 1. The first-order valence-electron chi connectivity index (χ1n) is 9.07. The zero-order valence-corrected chi connectivity index (χ0v) is 16.3. The quantitative estimate of drug-likeness (QED) is 0.724. The number of aliphatic hydroxyl groups is 1. The van der Waals surface area contributed by atoms with E-state index in [1.807, 2.05) is 30.3 Å². The van der Waals surface area contributed by atoms with E-state index in [0.717, 1.165) is 16.8 Å². The third kappa shape index (κ3) is 4.31. The summed E-state index contributed by atoms with van der Waals surface area (Å²) in [7, 11) is 4.65. The van der Waals surface area contributed by atoms with Crippen molar-refractivity contribution in [2.45, 2.75) is 25.4 Å². The summed E-state index contributed by atoms with van der Waals surface area (Å²) in [6.07, 6.45) is 0.696. The molecule has 1 unspecified atom stereocenters. The van der Waals surface area contributed by atoms with E-state index in [-0.39, 0.29) is 12.5 Å². The van der Waals surface area contributed by atoms with E-state index >= 15 is 0 Å². The fraction of sp³-hybridized carbons (Fsp3) is 0.381. The van der Waals surface area contributed by atoms with Crippen LogP contribution in [0.1, 0.15) is 17.5 Å². The number of hydrogen-bond donors (Lipinski definition) is 2. The minimum Gasteiger partial charge on any atom is -0.493 e. The van der Waals surface area contributed by atoms with E-state index in [4.69, 9.17) is 18.9 Å². The predicted molar refractivity (Wildman–Crippen MR) is 105 cm³/mol. The Balaban J connectivity index is 1.68. The Morgan fingerprint density at radius 3 is 2.39 bits per heavy atom. The van der Waals surface area contributed by atoms with Gasteiger partial charge in [-0.25, -0.2) is 0 Å². The topological polar surface area (TPSA) is 86.2 Å². The molecular formula is C21H25NO6. The first kappa shape index (κ1) is 19.8. The number of carbonyl (C=O) groups is 1. The normalized spacial score (nSPS) is 13.9. The summed E-state index contributed by atoms with van der Waals surface area (Å²) in [4.78, 5) is 11.5. The fourth-order valence-electron chi connectivity index (χ4n) is 3.30. The lowest BCUT2D eigenvalue weighted by molar-refractivity contribution is -0.116. The lowest BCUT2D eigenvalue weighted by Crippen LogP contribution is -2.23. The summed E-state index contributed by atoms with van der Waals surface area (Å²) in [6.45, 7) is 0.126. The van der Waals surface area contributed by atoms with Gasteiger partial charge >= 0.3 is 0 Å². The second-order valence-corrected chi connectivity index (χ2v) is 6.53. The van der Waals surface area contributed by atoms with Gasteiger partial charge in [-0.1, -0.05) is 6.07 Å². The minimum atomic E-state index is -0.725. The maximum Gasteiger partial charge on any atom is 0.224 e. The summed E-state index contributed by atoms with van der Waals surface area (Å²) in [5, 5.41) is 13.3. The monoisotopic (exact) mass is 387 g/mol. The van der Waals surface area contributed by atoms with E-state index in [1.54, 1.807) is 21.3 Å². The predicted octanol–water partition coefficient (Wildman–Crippen LogP) is 2.58. The van der Waals surface area contributed by atoms with Crippen LogP contribution in [0.2, 0.25) is 0 Å². The van der Waals surface area contributed by atoms with E-state index in [0.29, 0.717) is 42.3 Å². The second kappa shape index (κ2) is 8.84. The smallest absolute Gasteiger partial charge is 0.224 e. The Morgan fingerprint density at radius 1 is 1.04 bits per heavy atom. The maximum absolute atomic E-state index is 11.5. The SMILES string of the molecule is COc1cc(CC(O)COc2cccc3c2CCC(=O)N3)cc(OC)c1OC. The highest BCUT2D eigenvalue weighted by Crippen LogP contribution is 2.38. The first-order valence-corrected chi connectivity index (χ1v) is 9.07. The molecule has 0 bridgehead atoms. The van der Waals surface area contributed by atoms with Crippen molar-refractivity contribution in [3.8, 4) is 23.0 Å². The Bertz CT molecular complexity index is 826. The molecular weight excluding hydrogens is 362 g/mol. The van der Waals surface area contributed by atoms with Crippen LogP contribution in [-0.2, 0) is 17.6 Å². The molecule has 7 nitrogen and oxygen atoms in total. The number of hydrogen-bond acceptors (Lipinski definition) is 6. The Morgan fingerprint density at radius 2 is 1.75 bits per heavy atom. The number of carbonyl (C=O) groups excluding carboxylic acids is 1. The molecule has 2 aromatic rings. The molecule has 1 aliphatic heterocycles. The lowest BCUT2D eigenvalue weighted by Gasteiger charge is -2.21. The number of ether oxygens (including phenoxy) is 4. The molecule has 1 aliphatic rings. The summed E-state index contributed by atoms with van der Waals surface area (Å²) in [5.74, 6) is 2.28. The summed E-state index contributed by atoms with van der Waals surface area (Å²) in [6, 6.07) is 9.15. The molecule has 0 saturated carbocycles. The van der Waals surface area contributed by atoms with Crippen LogP contribution in [0.5, 0.6) is 23.0 Å². The highest BCUT2D eigenvalue weighted by atomic mass is 16.5. The average Bonchev–Trinajstić information content (AvgIpc) is 2.71. The van der Waals surface area contributed by atoms with Crippen LogP contribution in [0, 0.1) is 0 Å². The molecule has 1 heterocycles. The maximum atomic E-state index is 11.5. The third-order valence-corrected chi connectivity index (χ3v) is 4.64. The summed E-state index contributed by atoms with van der Waals surface area (Å²) >= 11 is 0. The van der Waals surface area contributed by atoms with Crippen molar-refractivity contribution in [3.05, 3.63) is 41.5 Å². The van der Waals surface area contributed by atoms with Crippen molar-refractivity contribution >= 4 is 11.6 Å². The number of fused-ring (bicyclic) bond motifs is 1. The number of aliphatic hydroxyl groups excluding tert-OH is 1. The van der Waals surface area contributed by atoms with Gasteiger partial charge in [-0.3, -0.25) is 4.79 Å². The van der Waals surface area contributed by atoms with E-state index in [1.165, 1.54) is 0 Å². The molecule has 2 aromatic carbocycles. The minimum absolute atomic E-state index is 0.00656. The van der Waals surface area contributed by atoms with Gasteiger partial charge in [0.15, 0.2) is 11.5 Å². The molecule has 150 valence electrons. The standard InChI is InChI=1S/C21H25NO6/c1-25-18-10-13(11-19(26-2)21(18)27-3)9-14(23)12-28-17-6-4-5-16-15(17)7-8-20(24)22-16/h4-6,10-11,14,23H,7-9,12H2,1-3H3,(H,22,24). The number of anilines is 1. The van der Waals surface area contributed by atoms with Crippen molar-refractivity contribution in [2.24, 2.45) is 0 Å². The number of methoxy groups -OCH3 is 3. The third-order valence-electron chi connectivity index (χ3n) is 4.64. The summed E-state index contributed by atoms with van der Waals surface area (Å²) in [5.41, 5.74) is 2.57. The zero-order valence-electron chi connectivity index (χ0n) is 16.3. The molecule has 1 atom stereocenters. The number of benzene rings is 2. The van der Waals surface area contributed by atoms with Gasteiger partial charge in [0.25, 0.3) is 0 Å². The van der Waals surface area contributed by atoms with Crippen molar-refractivity contribution < 1.29 is 28.8 Å². The van der Waals surface area contributed by atoms with Crippen molar-refractivity contribution in [2.75, 3.05) is 33.3 Å². The Hall–Kier alpha value is -2.93. The van der Waals surface area contributed by atoms with Gasteiger partial charge in [0.2, 0.25) is 11.7 Å². The zero-order chi connectivity index (χ0) is 20.1. The van der Waals surface area contributed by atoms with E-state index in [9.17, 15) is 9.90 Å². The van der Waals surface area contributed by atoms with Gasteiger partial charge in [0.05, 0.1) is 27.4 Å².